The van der Waals surface area contributed by atoms with Crippen molar-refractivity contribution in [3.63, 3.8) is 0 Å². The second-order valence-corrected chi connectivity index (χ2v) is 5.35. The van der Waals surface area contributed by atoms with Crippen LogP contribution in [-0.2, 0) is 11.2 Å². The van der Waals surface area contributed by atoms with Gasteiger partial charge in [-0.15, -0.1) is 0 Å². The minimum absolute atomic E-state index is 0.0882. The first-order valence-electron chi connectivity index (χ1n) is 7.35. The lowest BCUT2D eigenvalue weighted by Crippen LogP contribution is -2.36. The highest BCUT2D eigenvalue weighted by atomic mass is 16.5. The summed E-state index contributed by atoms with van der Waals surface area (Å²) in [5.74, 6) is 0.169. The molecular weight excluding hydrogens is 280 g/mol. The highest BCUT2D eigenvalue weighted by Crippen LogP contribution is 2.14. The van der Waals surface area contributed by atoms with Crippen LogP contribution in [0.1, 0.15) is 16.1 Å². The summed E-state index contributed by atoms with van der Waals surface area (Å²) in [6, 6.07) is 3.97. The fourth-order valence-electron chi connectivity index (χ4n) is 2.61. The number of hydrogen-bond acceptors (Lipinski definition) is 5. The standard InChI is InChI=1S/C16H18N4O2/c21-16(15-10-18-4-5-19-15)20-6-7-22-12-14(11-20)8-13-2-1-3-17-9-13/h1-5,9-10,14H,6-8,11-12H2/t14-/m0/s1. The van der Waals surface area contributed by atoms with Crippen molar-refractivity contribution in [1.29, 1.82) is 0 Å². The third-order valence-electron chi connectivity index (χ3n) is 3.65. The molecule has 0 spiro atoms. The second kappa shape index (κ2) is 7.09. The molecule has 22 heavy (non-hydrogen) atoms. The number of amides is 1. The number of rotatable bonds is 3. The molecule has 1 aliphatic heterocycles. The van der Waals surface area contributed by atoms with Crippen LogP contribution in [-0.4, -0.2) is 52.1 Å². The SMILES string of the molecule is O=C(c1cnccn1)N1CCOC[C@@H](Cc2cccnc2)C1. The van der Waals surface area contributed by atoms with Crippen LogP contribution in [0.3, 0.4) is 0 Å². The van der Waals surface area contributed by atoms with Crippen molar-refractivity contribution < 1.29 is 9.53 Å². The Bertz CT molecular complexity index is 606. The summed E-state index contributed by atoms with van der Waals surface area (Å²) in [7, 11) is 0. The Morgan fingerprint density at radius 1 is 1.27 bits per heavy atom. The lowest BCUT2D eigenvalue weighted by atomic mass is 10.0. The Balaban J connectivity index is 1.69. The predicted molar refractivity (Wildman–Crippen MR) is 80.2 cm³/mol. The molecule has 1 saturated heterocycles. The lowest BCUT2D eigenvalue weighted by Gasteiger charge is -2.23. The van der Waals surface area contributed by atoms with Gasteiger partial charge >= 0.3 is 0 Å². The molecule has 0 aliphatic carbocycles. The zero-order valence-electron chi connectivity index (χ0n) is 12.3. The fraction of sp³-hybridized carbons (Fsp3) is 0.375. The molecule has 0 saturated carbocycles. The number of aromatic nitrogens is 3. The molecule has 0 bridgehead atoms. The van der Waals surface area contributed by atoms with Crippen LogP contribution in [0.4, 0.5) is 0 Å². The van der Waals surface area contributed by atoms with Gasteiger partial charge in [0.05, 0.1) is 19.4 Å². The summed E-state index contributed by atoms with van der Waals surface area (Å²) < 4.78 is 5.65. The second-order valence-electron chi connectivity index (χ2n) is 5.35. The van der Waals surface area contributed by atoms with Gasteiger partial charge in [0, 0.05) is 43.8 Å². The molecule has 6 heteroatoms. The molecule has 1 atom stereocenters. The van der Waals surface area contributed by atoms with E-state index in [2.05, 4.69) is 15.0 Å². The minimum Gasteiger partial charge on any atom is -0.379 e. The van der Waals surface area contributed by atoms with Gasteiger partial charge in [0.25, 0.3) is 5.91 Å². The number of pyridine rings is 1. The zero-order valence-corrected chi connectivity index (χ0v) is 12.3. The van der Waals surface area contributed by atoms with E-state index in [0.717, 1.165) is 12.0 Å². The molecule has 3 heterocycles. The predicted octanol–water partition coefficient (Wildman–Crippen LogP) is 1.20. The number of ether oxygens (including phenoxy) is 1. The Hall–Kier alpha value is -2.34. The van der Waals surface area contributed by atoms with E-state index in [1.54, 1.807) is 17.3 Å². The van der Waals surface area contributed by atoms with E-state index in [1.807, 2.05) is 18.3 Å². The van der Waals surface area contributed by atoms with Crippen LogP contribution in [0.5, 0.6) is 0 Å². The quantitative estimate of drug-likeness (QED) is 0.852. The molecule has 6 nitrogen and oxygen atoms in total. The summed E-state index contributed by atoms with van der Waals surface area (Å²) in [5, 5.41) is 0. The van der Waals surface area contributed by atoms with E-state index in [1.165, 1.54) is 12.4 Å². The monoisotopic (exact) mass is 298 g/mol. The van der Waals surface area contributed by atoms with Crippen LogP contribution in [0.25, 0.3) is 0 Å². The van der Waals surface area contributed by atoms with E-state index >= 15 is 0 Å². The van der Waals surface area contributed by atoms with Gasteiger partial charge in [0.15, 0.2) is 0 Å². The summed E-state index contributed by atoms with van der Waals surface area (Å²) in [6.45, 7) is 2.44. The maximum absolute atomic E-state index is 12.5. The first-order chi connectivity index (χ1) is 10.8. The van der Waals surface area contributed by atoms with Crippen molar-refractivity contribution in [2.24, 2.45) is 5.92 Å². The van der Waals surface area contributed by atoms with Gasteiger partial charge in [-0.3, -0.25) is 14.8 Å². The van der Waals surface area contributed by atoms with E-state index in [4.69, 9.17) is 4.74 Å². The maximum atomic E-state index is 12.5. The number of carbonyl (C=O) groups excluding carboxylic acids is 1. The van der Waals surface area contributed by atoms with E-state index in [9.17, 15) is 4.79 Å². The van der Waals surface area contributed by atoms with Crippen LogP contribution in [0.2, 0.25) is 0 Å². The van der Waals surface area contributed by atoms with Crippen LogP contribution in [0.15, 0.2) is 43.1 Å². The number of carbonyl (C=O) groups is 1. The highest BCUT2D eigenvalue weighted by Gasteiger charge is 2.24. The molecule has 2 aromatic heterocycles. The first-order valence-corrected chi connectivity index (χ1v) is 7.35. The van der Waals surface area contributed by atoms with Crippen molar-refractivity contribution in [1.82, 2.24) is 19.9 Å². The lowest BCUT2D eigenvalue weighted by molar-refractivity contribution is 0.0731. The molecule has 0 aromatic carbocycles. The van der Waals surface area contributed by atoms with Crippen molar-refractivity contribution >= 4 is 5.91 Å². The fourth-order valence-corrected chi connectivity index (χ4v) is 2.61. The third kappa shape index (κ3) is 3.65. The molecule has 2 aromatic rings. The minimum atomic E-state index is -0.0882. The molecule has 1 amide bonds. The summed E-state index contributed by atoms with van der Waals surface area (Å²) in [5.41, 5.74) is 1.54. The molecule has 0 N–H and O–H groups in total. The van der Waals surface area contributed by atoms with Crippen molar-refractivity contribution in [2.45, 2.75) is 6.42 Å². The average molecular weight is 298 g/mol. The van der Waals surface area contributed by atoms with Crippen molar-refractivity contribution in [3.05, 3.63) is 54.4 Å². The molecule has 0 radical (unpaired) electrons. The number of hydrogen-bond donors (Lipinski definition) is 0. The van der Waals surface area contributed by atoms with Crippen LogP contribution < -0.4 is 0 Å². The molecule has 114 valence electrons. The highest BCUT2D eigenvalue weighted by molar-refractivity contribution is 5.91. The Kier molecular flexibility index (Phi) is 4.70. The number of nitrogens with zero attached hydrogens (tertiary/aromatic N) is 4. The van der Waals surface area contributed by atoms with Gasteiger partial charge in [-0.05, 0) is 18.1 Å². The average Bonchev–Trinajstić information content (AvgIpc) is 2.81. The van der Waals surface area contributed by atoms with Gasteiger partial charge in [-0.2, -0.15) is 0 Å². The molecule has 1 aliphatic rings. The molecule has 0 unspecified atom stereocenters. The summed E-state index contributed by atoms with van der Waals surface area (Å²) in [6.07, 6.45) is 9.07. The van der Waals surface area contributed by atoms with Gasteiger partial charge in [0.2, 0.25) is 0 Å². The van der Waals surface area contributed by atoms with Crippen molar-refractivity contribution in [2.75, 3.05) is 26.3 Å². The Morgan fingerprint density at radius 2 is 2.18 bits per heavy atom. The summed E-state index contributed by atoms with van der Waals surface area (Å²) >= 11 is 0. The molecule has 1 fully saturated rings. The summed E-state index contributed by atoms with van der Waals surface area (Å²) in [4.78, 5) is 26.5. The van der Waals surface area contributed by atoms with Gasteiger partial charge in [-0.25, -0.2) is 4.98 Å². The van der Waals surface area contributed by atoms with Gasteiger partial charge in [0.1, 0.15) is 5.69 Å². The van der Waals surface area contributed by atoms with Gasteiger partial charge in [-0.1, -0.05) is 6.07 Å². The van der Waals surface area contributed by atoms with E-state index in [-0.39, 0.29) is 11.8 Å². The normalized spacial score (nSPS) is 18.7. The zero-order chi connectivity index (χ0) is 15.2. The maximum Gasteiger partial charge on any atom is 0.274 e. The first kappa shape index (κ1) is 14.6. The molecular formula is C16H18N4O2. The Morgan fingerprint density at radius 3 is 2.95 bits per heavy atom. The third-order valence-corrected chi connectivity index (χ3v) is 3.65. The van der Waals surface area contributed by atoms with Crippen LogP contribution in [0, 0.1) is 5.92 Å². The smallest absolute Gasteiger partial charge is 0.274 e. The van der Waals surface area contributed by atoms with E-state index in [0.29, 0.717) is 32.0 Å². The van der Waals surface area contributed by atoms with Crippen LogP contribution >= 0.6 is 0 Å². The largest absolute Gasteiger partial charge is 0.379 e. The molecule has 3 rings (SSSR count). The van der Waals surface area contributed by atoms with E-state index < -0.39 is 0 Å². The Labute approximate surface area is 129 Å². The van der Waals surface area contributed by atoms with Crippen molar-refractivity contribution in [3.8, 4) is 0 Å². The van der Waals surface area contributed by atoms with Gasteiger partial charge < -0.3 is 9.64 Å². The topological polar surface area (TPSA) is 68.2 Å².